The second-order valence-corrected chi connectivity index (χ2v) is 24.2. The van der Waals surface area contributed by atoms with Crippen LogP contribution >= 0.6 is 11.8 Å². The molecule has 0 spiro atoms. The molecule has 0 aromatic carbocycles. The number of nitrogens with one attached hydrogen (secondary N) is 5. The van der Waals surface area contributed by atoms with Crippen molar-refractivity contribution in [2.45, 2.75) is 306 Å². The van der Waals surface area contributed by atoms with Crippen LogP contribution in [0.5, 0.6) is 0 Å². The molecule has 20 N–H and O–H groups in total. The molecule has 87 heavy (non-hydrogen) atoms. The molecular formula is C61H118N10O15S. The first-order valence-electron chi connectivity index (χ1n) is 32.7. The lowest BCUT2D eigenvalue weighted by atomic mass is 10.0. The molecule has 508 valence electrons. The largest absolute Gasteiger partial charge is 0.480 e. The van der Waals surface area contributed by atoms with Crippen molar-refractivity contribution < 1.29 is 73.4 Å². The van der Waals surface area contributed by atoms with Crippen LogP contribution in [0.2, 0.25) is 0 Å². The van der Waals surface area contributed by atoms with E-state index < -0.39 is 115 Å². The van der Waals surface area contributed by atoms with Gasteiger partial charge in [0.25, 0.3) is 0 Å². The van der Waals surface area contributed by atoms with Gasteiger partial charge in [0.05, 0.1) is 12.6 Å². The van der Waals surface area contributed by atoms with Crippen LogP contribution in [0.15, 0.2) is 0 Å². The summed E-state index contributed by atoms with van der Waals surface area (Å²) in [5.41, 5.74) is 28.5. The highest BCUT2D eigenvalue weighted by Gasteiger charge is 2.33. The Morgan fingerprint density at radius 3 is 1.13 bits per heavy atom. The first-order valence-corrected chi connectivity index (χ1v) is 33.9. The number of carboxylic acids is 1. The number of aliphatic hydroxyl groups excluding tert-OH is 4. The van der Waals surface area contributed by atoms with E-state index in [4.69, 9.17) is 38.1 Å². The van der Waals surface area contributed by atoms with Gasteiger partial charge in [0, 0.05) is 24.3 Å². The molecule has 0 aliphatic heterocycles. The molecule has 0 bridgehead atoms. The zero-order valence-corrected chi connectivity index (χ0v) is 53.7. The molecule has 10 atom stereocenters. The van der Waals surface area contributed by atoms with E-state index in [1.54, 1.807) is 0 Å². The number of rotatable bonds is 59. The first kappa shape index (κ1) is 82.8. The summed E-state index contributed by atoms with van der Waals surface area (Å²) in [6, 6.07) is -8.53. The van der Waals surface area contributed by atoms with Crippen molar-refractivity contribution in [2.75, 3.05) is 31.3 Å². The second kappa shape index (κ2) is 54.7. The normalized spacial score (nSPS) is 14.9. The molecule has 0 saturated heterocycles. The third-order valence-electron chi connectivity index (χ3n) is 14.9. The summed E-state index contributed by atoms with van der Waals surface area (Å²) in [4.78, 5) is 107. The molecule has 0 aromatic rings. The molecule has 0 fully saturated rings. The third kappa shape index (κ3) is 46.5. The summed E-state index contributed by atoms with van der Waals surface area (Å²) in [5.74, 6) is -6.67. The summed E-state index contributed by atoms with van der Waals surface area (Å²) >= 11 is 1.15. The van der Waals surface area contributed by atoms with Crippen LogP contribution in [0.4, 0.5) is 0 Å². The fourth-order valence-electron chi connectivity index (χ4n) is 9.60. The van der Waals surface area contributed by atoms with Crippen molar-refractivity contribution in [1.29, 1.82) is 0 Å². The highest BCUT2D eigenvalue weighted by Crippen LogP contribution is 2.17. The minimum absolute atomic E-state index is 0.0172. The van der Waals surface area contributed by atoms with Crippen molar-refractivity contribution in [2.24, 2.45) is 28.7 Å². The van der Waals surface area contributed by atoms with E-state index in [0.29, 0.717) is 32.2 Å². The maximum atomic E-state index is 14.1. The van der Waals surface area contributed by atoms with Crippen LogP contribution in [-0.2, 0) is 47.8 Å². The highest BCUT2D eigenvalue weighted by molar-refractivity contribution is 7.99. The van der Waals surface area contributed by atoms with Crippen molar-refractivity contribution in [3.8, 4) is 0 Å². The van der Waals surface area contributed by atoms with E-state index in [1.165, 1.54) is 89.9 Å². The van der Waals surface area contributed by atoms with Gasteiger partial charge in [0.1, 0.15) is 61.6 Å². The van der Waals surface area contributed by atoms with Gasteiger partial charge in [-0.25, -0.2) is 4.79 Å². The lowest BCUT2D eigenvalue weighted by Crippen LogP contribution is -2.59. The van der Waals surface area contributed by atoms with E-state index in [1.807, 2.05) is 0 Å². The van der Waals surface area contributed by atoms with E-state index in [-0.39, 0.29) is 95.2 Å². The Kier molecular flexibility index (Phi) is 52.0. The number of aliphatic carboxylic acids is 1. The smallest absolute Gasteiger partial charge is 0.326 e. The predicted molar refractivity (Wildman–Crippen MR) is 338 cm³/mol. The van der Waals surface area contributed by atoms with Crippen molar-refractivity contribution >= 4 is 59.2 Å². The fraction of sp³-hybridized carbons (Fsp3) is 0.869. The molecule has 0 saturated carbocycles. The Bertz CT molecular complexity index is 1840. The molecule has 0 rings (SSSR count). The molecule has 25 nitrogen and oxygen atoms in total. The lowest BCUT2D eigenvalue weighted by molar-refractivity contribution is -0.157. The molecule has 4 unspecified atom stereocenters. The number of carboxylic acid groups (broad SMARTS) is 1. The van der Waals surface area contributed by atoms with Crippen LogP contribution in [-0.4, -0.2) is 165 Å². The Morgan fingerprint density at radius 2 is 0.759 bits per heavy atom. The standard InChI is InChI=1S/C61H118N10O15S/c1-3-5-7-9-11-13-15-17-19-21-23-37-54(76)85-41-44(86-55(77)38-24-22-20-18-16-14-12-10-8-6-4-2)42-87-43-45(63)56(78)71-50(40-72)60(82)69-47(32-28-35-52(65)74)58(80)67-46(31-27-34-51(64)73)57(79)68-48(33-29-36-53(66)75)59(81)70-49(61(83)84)30-25-26-39-62/h44-53,72-75H,3-43,62-66H2,1-2H3,(H,67,80)(H,68,79)(H,69,82)(H,70,81)(H,71,78)(H,83,84)/t44?,45-,46-,47-,48-,49-,50-,51?,52?,53?/m0/s1. The third-order valence-corrected chi connectivity index (χ3v) is 16.1. The number of nitrogens with two attached hydrogens (primary N) is 5. The molecular weight excluding hydrogens is 1140 g/mol. The van der Waals surface area contributed by atoms with Gasteiger partial charge in [-0.2, -0.15) is 11.8 Å². The van der Waals surface area contributed by atoms with Crippen molar-refractivity contribution in [3.05, 3.63) is 0 Å². The van der Waals surface area contributed by atoms with Gasteiger partial charge >= 0.3 is 17.9 Å². The SMILES string of the molecule is CCCCCCCCCCCCCC(=O)OCC(CSC[C@H](N)C(=O)N[C@@H](CO)C(=O)N[C@@H](CCCC(N)O)C(=O)N[C@@H](CCCC(N)O)C(=O)N[C@@H](CCCC(N)O)C(=O)N[C@@H](CCCCN)C(=O)O)OC(=O)CCCCCCCCCCCCC. The second-order valence-electron chi connectivity index (χ2n) is 23.1. The number of carbonyl (C=O) groups is 8. The van der Waals surface area contributed by atoms with Crippen LogP contribution in [0.3, 0.4) is 0 Å². The van der Waals surface area contributed by atoms with Crippen LogP contribution in [0, 0.1) is 0 Å². The van der Waals surface area contributed by atoms with Gasteiger partial charge in [-0.15, -0.1) is 0 Å². The molecule has 26 heteroatoms. The quantitative estimate of drug-likeness (QED) is 0.0233. The summed E-state index contributed by atoms with van der Waals surface area (Å²) in [6.45, 7) is 3.58. The Labute approximate surface area is 523 Å². The van der Waals surface area contributed by atoms with Gasteiger partial charge in [-0.05, 0) is 96.4 Å². The summed E-state index contributed by atoms with van der Waals surface area (Å²) in [5, 5.41) is 61.9. The van der Waals surface area contributed by atoms with Crippen molar-refractivity contribution in [1.82, 2.24) is 26.6 Å². The maximum Gasteiger partial charge on any atom is 0.326 e. The van der Waals surface area contributed by atoms with Gasteiger partial charge in [-0.1, -0.05) is 142 Å². The fourth-order valence-corrected chi connectivity index (χ4v) is 10.6. The number of ether oxygens (including phenoxy) is 2. The number of esters is 2. The molecule has 0 aliphatic rings. The first-order chi connectivity index (χ1) is 41.7. The van der Waals surface area contributed by atoms with E-state index in [9.17, 15) is 63.9 Å². The van der Waals surface area contributed by atoms with Gasteiger partial charge < -0.3 is 90.3 Å². The number of hydrogen-bond donors (Lipinski definition) is 15. The van der Waals surface area contributed by atoms with Crippen LogP contribution in [0.25, 0.3) is 0 Å². The number of hydrogen-bond acceptors (Lipinski definition) is 20. The minimum atomic E-state index is -1.64. The molecule has 0 radical (unpaired) electrons. The zero-order valence-electron chi connectivity index (χ0n) is 52.9. The van der Waals surface area contributed by atoms with E-state index in [0.717, 1.165) is 50.3 Å². The van der Waals surface area contributed by atoms with Crippen molar-refractivity contribution in [3.63, 3.8) is 0 Å². The highest BCUT2D eigenvalue weighted by atomic mass is 32.2. The lowest BCUT2D eigenvalue weighted by Gasteiger charge is -2.27. The average molecular weight is 1260 g/mol. The van der Waals surface area contributed by atoms with Gasteiger partial charge in [0.2, 0.25) is 29.5 Å². The Hall–Kier alpha value is -4.25. The van der Waals surface area contributed by atoms with Gasteiger partial charge in [-0.3, -0.25) is 33.6 Å². The summed E-state index contributed by atoms with van der Waals surface area (Å²) in [6.07, 6.45) is 21.3. The predicted octanol–water partition coefficient (Wildman–Crippen LogP) is 3.88. The maximum absolute atomic E-state index is 14.1. The van der Waals surface area contributed by atoms with Crippen LogP contribution in [0.1, 0.15) is 245 Å². The monoisotopic (exact) mass is 1260 g/mol. The van der Waals surface area contributed by atoms with Crippen LogP contribution < -0.4 is 55.3 Å². The van der Waals surface area contributed by atoms with Gasteiger partial charge in [0.15, 0.2) is 0 Å². The number of unbranched alkanes of at least 4 members (excludes halogenated alkanes) is 21. The Balaban J connectivity index is 6.03. The molecule has 0 aliphatic carbocycles. The average Bonchev–Trinajstić information content (AvgIpc) is 3.68. The molecule has 0 aromatic heterocycles. The number of amides is 5. The number of aliphatic hydroxyl groups is 4. The topological polar surface area (TPSA) is 446 Å². The summed E-state index contributed by atoms with van der Waals surface area (Å²) in [7, 11) is 0. The zero-order chi connectivity index (χ0) is 65.0. The van der Waals surface area contributed by atoms with E-state index >= 15 is 0 Å². The number of carbonyl (C=O) groups excluding carboxylic acids is 7. The van der Waals surface area contributed by atoms with E-state index in [2.05, 4.69) is 40.4 Å². The minimum Gasteiger partial charge on any atom is -0.480 e. The Morgan fingerprint density at radius 1 is 0.414 bits per heavy atom. The molecule has 0 heterocycles. The number of thioether (sulfide) groups is 1. The summed E-state index contributed by atoms with van der Waals surface area (Å²) < 4.78 is 11.4. The molecule has 5 amide bonds.